The van der Waals surface area contributed by atoms with Gasteiger partial charge in [0.25, 0.3) is 0 Å². The number of benzene rings is 1. The molecule has 0 radical (unpaired) electrons. The molecule has 3 fully saturated rings. The number of hydrazine groups is 1. The van der Waals surface area contributed by atoms with E-state index in [2.05, 4.69) is 26.1 Å². The lowest BCUT2D eigenvalue weighted by molar-refractivity contribution is -0.119. The topological polar surface area (TPSA) is 108 Å². The molecule has 4 atom stereocenters. The normalized spacial score (nSPS) is 28.7. The van der Waals surface area contributed by atoms with E-state index >= 15 is 0 Å². The van der Waals surface area contributed by atoms with E-state index in [9.17, 15) is 9.18 Å². The van der Waals surface area contributed by atoms with Gasteiger partial charge >= 0.3 is 0 Å². The number of hydrogen-bond donors (Lipinski definition) is 4. The highest BCUT2D eigenvalue weighted by molar-refractivity contribution is 5.95. The molecular formula is C21H26FN7O. The van der Waals surface area contributed by atoms with Gasteiger partial charge in [-0.2, -0.15) is 0 Å². The molecule has 5 N–H and O–H groups in total. The molecule has 1 aromatic carbocycles. The molecule has 1 amide bonds. The van der Waals surface area contributed by atoms with Crippen molar-refractivity contribution < 1.29 is 9.18 Å². The molecule has 158 valence electrons. The number of carbonyl (C=O) groups excluding carboxylic acids is 1. The van der Waals surface area contributed by atoms with Gasteiger partial charge in [-0.1, -0.05) is 6.07 Å². The van der Waals surface area contributed by atoms with Crippen molar-refractivity contribution in [3.63, 3.8) is 0 Å². The molecule has 3 heterocycles. The van der Waals surface area contributed by atoms with Gasteiger partial charge in [0.2, 0.25) is 5.91 Å². The summed E-state index contributed by atoms with van der Waals surface area (Å²) >= 11 is 0. The SMILES string of the molecule is NC1CN(c2cncc(C3CCC4NNC(C(=O)Nc5cccc(F)c5)C4C3)n2)C1. The molecule has 30 heavy (non-hydrogen) atoms. The molecule has 5 rings (SSSR count). The molecule has 1 saturated carbocycles. The molecule has 1 aliphatic carbocycles. The number of carbonyl (C=O) groups is 1. The molecule has 4 unspecified atom stereocenters. The predicted octanol–water partition coefficient (Wildman–Crippen LogP) is 1.13. The minimum atomic E-state index is -0.384. The average Bonchev–Trinajstić information content (AvgIpc) is 3.15. The largest absolute Gasteiger partial charge is 0.352 e. The lowest BCUT2D eigenvalue weighted by atomic mass is 9.74. The number of nitrogens with two attached hydrogens (primary N) is 1. The van der Waals surface area contributed by atoms with Crippen molar-refractivity contribution in [2.75, 3.05) is 23.3 Å². The van der Waals surface area contributed by atoms with Crippen LogP contribution in [0.4, 0.5) is 15.9 Å². The first-order chi connectivity index (χ1) is 14.6. The molecule has 3 aliphatic rings. The minimum absolute atomic E-state index is 0.125. The number of aromatic nitrogens is 2. The number of amides is 1. The fraction of sp³-hybridized carbons (Fsp3) is 0.476. The molecule has 2 aromatic rings. The molecular weight excluding hydrogens is 385 g/mol. The smallest absolute Gasteiger partial charge is 0.243 e. The fourth-order valence-electron chi connectivity index (χ4n) is 4.79. The van der Waals surface area contributed by atoms with Crippen LogP contribution in [0.15, 0.2) is 36.7 Å². The quantitative estimate of drug-likeness (QED) is 0.597. The van der Waals surface area contributed by atoms with E-state index < -0.39 is 0 Å². The van der Waals surface area contributed by atoms with E-state index in [1.165, 1.54) is 12.1 Å². The van der Waals surface area contributed by atoms with Crippen molar-refractivity contribution in [3.8, 4) is 0 Å². The maximum atomic E-state index is 13.4. The highest BCUT2D eigenvalue weighted by Crippen LogP contribution is 2.39. The van der Waals surface area contributed by atoms with Gasteiger partial charge < -0.3 is 16.0 Å². The summed E-state index contributed by atoms with van der Waals surface area (Å²) < 4.78 is 13.4. The molecule has 2 saturated heterocycles. The van der Waals surface area contributed by atoms with E-state index in [4.69, 9.17) is 10.7 Å². The van der Waals surface area contributed by atoms with Gasteiger partial charge in [-0.15, -0.1) is 0 Å². The van der Waals surface area contributed by atoms with Gasteiger partial charge in [0.05, 0.1) is 11.9 Å². The number of anilines is 2. The molecule has 8 nitrogen and oxygen atoms in total. The summed E-state index contributed by atoms with van der Waals surface area (Å²) in [5.74, 6) is 0.720. The van der Waals surface area contributed by atoms with Crippen molar-refractivity contribution in [1.82, 2.24) is 20.8 Å². The fourth-order valence-corrected chi connectivity index (χ4v) is 4.79. The maximum Gasteiger partial charge on any atom is 0.243 e. The Balaban J connectivity index is 1.28. The van der Waals surface area contributed by atoms with Gasteiger partial charge in [-0.25, -0.2) is 14.8 Å². The van der Waals surface area contributed by atoms with Crippen LogP contribution in [0, 0.1) is 11.7 Å². The molecule has 2 aliphatic heterocycles. The predicted molar refractivity (Wildman–Crippen MR) is 111 cm³/mol. The lowest BCUT2D eigenvalue weighted by Crippen LogP contribution is -2.56. The van der Waals surface area contributed by atoms with Crippen LogP contribution in [0.5, 0.6) is 0 Å². The Morgan fingerprint density at radius 2 is 2.10 bits per heavy atom. The monoisotopic (exact) mass is 411 g/mol. The van der Waals surface area contributed by atoms with Crippen molar-refractivity contribution >= 4 is 17.4 Å². The molecule has 0 spiro atoms. The number of rotatable bonds is 4. The zero-order valence-corrected chi connectivity index (χ0v) is 16.6. The van der Waals surface area contributed by atoms with Crippen LogP contribution in [-0.2, 0) is 4.79 Å². The van der Waals surface area contributed by atoms with Crippen LogP contribution in [-0.4, -0.2) is 47.1 Å². The van der Waals surface area contributed by atoms with Crippen LogP contribution < -0.4 is 26.8 Å². The van der Waals surface area contributed by atoms with E-state index in [0.29, 0.717) is 5.69 Å². The zero-order chi connectivity index (χ0) is 20.7. The first-order valence-electron chi connectivity index (χ1n) is 10.5. The molecule has 0 bridgehead atoms. The van der Waals surface area contributed by atoms with Gasteiger partial charge in [0, 0.05) is 48.9 Å². The van der Waals surface area contributed by atoms with Crippen LogP contribution in [0.1, 0.15) is 30.9 Å². The standard InChI is InChI=1S/C21H26FN7O/c22-13-2-1-3-15(7-13)25-21(30)20-16-6-12(4-5-17(16)27-28-20)18-8-24-9-19(26-18)29-10-14(23)11-29/h1-3,7-9,12,14,16-17,20,27-28H,4-6,10-11,23H2,(H,25,30). The van der Waals surface area contributed by atoms with Gasteiger partial charge in [-0.3, -0.25) is 15.2 Å². The van der Waals surface area contributed by atoms with Crippen LogP contribution >= 0.6 is 0 Å². The first kappa shape index (κ1) is 19.3. The summed E-state index contributed by atoms with van der Waals surface area (Å²) in [6, 6.07) is 6.01. The van der Waals surface area contributed by atoms with Gasteiger partial charge in [0.15, 0.2) is 0 Å². The second-order valence-corrected chi connectivity index (χ2v) is 8.51. The van der Waals surface area contributed by atoms with Gasteiger partial charge in [0.1, 0.15) is 17.7 Å². The average molecular weight is 411 g/mol. The van der Waals surface area contributed by atoms with Crippen LogP contribution in [0.25, 0.3) is 0 Å². The number of fused-ring (bicyclic) bond motifs is 1. The van der Waals surface area contributed by atoms with Crippen molar-refractivity contribution in [1.29, 1.82) is 0 Å². The Kier molecular flexibility index (Phi) is 5.10. The lowest BCUT2D eigenvalue weighted by Gasteiger charge is -2.38. The zero-order valence-electron chi connectivity index (χ0n) is 16.6. The third kappa shape index (κ3) is 3.76. The van der Waals surface area contributed by atoms with E-state index in [0.717, 1.165) is 43.9 Å². The van der Waals surface area contributed by atoms with Crippen LogP contribution in [0.3, 0.4) is 0 Å². The van der Waals surface area contributed by atoms with Crippen molar-refractivity contribution in [2.45, 2.75) is 43.3 Å². The Morgan fingerprint density at radius 1 is 1.23 bits per heavy atom. The number of nitrogens with zero attached hydrogens (tertiary/aromatic N) is 3. The van der Waals surface area contributed by atoms with Gasteiger partial charge in [-0.05, 0) is 37.5 Å². The summed E-state index contributed by atoms with van der Waals surface area (Å²) in [5, 5.41) is 2.83. The van der Waals surface area contributed by atoms with E-state index in [1.54, 1.807) is 18.3 Å². The molecule has 1 aromatic heterocycles. The molecule has 9 heteroatoms. The minimum Gasteiger partial charge on any atom is -0.352 e. The number of nitrogens with one attached hydrogen (secondary N) is 3. The van der Waals surface area contributed by atoms with Crippen molar-refractivity contribution in [3.05, 3.63) is 48.2 Å². The third-order valence-corrected chi connectivity index (χ3v) is 6.42. The van der Waals surface area contributed by atoms with E-state index in [1.807, 2.05) is 6.20 Å². The third-order valence-electron chi connectivity index (χ3n) is 6.42. The van der Waals surface area contributed by atoms with Crippen LogP contribution in [0.2, 0.25) is 0 Å². The van der Waals surface area contributed by atoms with Crippen molar-refractivity contribution in [2.24, 2.45) is 11.7 Å². The summed E-state index contributed by atoms with van der Waals surface area (Å²) in [6.07, 6.45) is 6.41. The highest BCUT2D eigenvalue weighted by atomic mass is 19.1. The Morgan fingerprint density at radius 3 is 2.90 bits per heavy atom. The van der Waals surface area contributed by atoms with E-state index in [-0.39, 0.29) is 41.7 Å². The number of halogens is 1. The Hall–Kier alpha value is -2.62. The summed E-state index contributed by atoms with van der Waals surface area (Å²) in [6.45, 7) is 1.62. The summed E-state index contributed by atoms with van der Waals surface area (Å²) in [5.41, 5.74) is 13.7. The second kappa shape index (κ2) is 7.90. The number of hydrogen-bond acceptors (Lipinski definition) is 7. The highest BCUT2D eigenvalue weighted by Gasteiger charge is 2.44. The summed E-state index contributed by atoms with van der Waals surface area (Å²) in [7, 11) is 0. The second-order valence-electron chi connectivity index (χ2n) is 8.51. The Labute approximate surface area is 174 Å². The maximum absolute atomic E-state index is 13.4. The summed E-state index contributed by atoms with van der Waals surface area (Å²) in [4.78, 5) is 24.2. The first-order valence-corrected chi connectivity index (χ1v) is 10.5. The Bertz CT molecular complexity index is 935.